The molecule has 0 saturated carbocycles. The van der Waals surface area contributed by atoms with Crippen molar-refractivity contribution in [1.29, 1.82) is 0 Å². The van der Waals surface area contributed by atoms with Gasteiger partial charge in [-0.25, -0.2) is 0 Å². The lowest BCUT2D eigenvalue weighted by Crippen LogP contribution is -2.37. The molecule has 1 aliphatic heterocycles. The maximum Gasteiger partial charge on any atom is 0.123 e. The van der Waals surface area contributed by atoms with Gasteiger partial charge in [0.15, 0.2) is 0 Å². The number of rotatable bonds is 8. The quantitative estimate of drug-likeness (QED) is 0.353. The van der Waals surface area contributed by atoms with Crippen LogP contribution in [-0.2, 0) is 13.1 Å². The van der Waals surface area contributed by atoms with E-state index in [0.29, 0.717) is 5.92 Å². The number of methoxy groups -OCH3 is 2. The number of hydrogen-bond donors (Lipinski definition) is 1. The molecule has 1 fully saturated rings. The summed E-state index contributed by atoms with van der Waals surface area (Å²) in [7, 11) is 3.53. The number of piperidine rings is 1. The average Bonchev–Trinajstić information content (AvgIpc) is 2.90. The highest BCUT2D eigenvalue weighted by Gasteiger charge is 2.21. The number of nitrogens with one attached hydrogen (secondary N) is 1. The first-order valence-electron chi connectivity index (χ1n) is 12.3. The largest absolute Gasteiger partial charge is 0.496 e. The van der Waals surface area contributed by atoms with E-state index in [1.165, 1.54) is 45.5 Å². The van der Waals surface area contributed by atoms with Crippen LogP contribution < -0.4 is 14.8 Å². The van der Waals surface area contributed by atoms with Crippen molar-refractivity contribution in [2.45, 2.75) is 25.9 Å². The van der Waals surface area contributed by atoms with Crippen LogP contribution in [0.15, 0.2) is 72.8 Å². The van der Waals surface area contributed by atoms with Gasteiger partial charge in [-0.15, -0.1) is 0 Å². The topological polar surface area (TPSA) is 33.7 Å². The third-order valence-electron chi connectivity index (χ3n) is 7.26. The lowest BCUT2D eigenvalue weighted by atomic mass is 9.95. The number of ether oxygens (including phenoxy) is 2. The molecule has 4 nitrogen and oxygen atoms in total. The molecular weight excluding hydrogens is 420 g/mol. The summed E-state index contributed by atoms with van der Waals surface area (Å²) in [5.41, 5.74) is 2.56. The van der Waals surface area contributed by atoms with Gasteiger partial charge in [-0.2, -0.15) is 0 Å². The van der Waals surface area contributed by atoms with Crippen molar-refractivity contribution < 1.29 is 9.47 Å². The van der Waals surface area contributed by atoms with Gasteiger partial charge in [-0.1, -0.05) is 60.7 Å². The fraction of sp³-hybridized carbons (Fsp3) is 0.333. The minimum atomic E-state index is 0.701. The molecule has 4 heteroatoms. The highest BCUT2D eigenvalue weighted by atomic mass is 16.5. The van der Waals surface area contributed by atoms with E-state index in [4.69, 9.17) is 9.47 Å². The summed E-state index contributed by atoms with van der Waals surface area (Å²) >= 11 is 0. The van der Waals surface area contributed by atoms with Crippen molar-refractivity contribution >= 4 is 21.5 Å². The highest BCUT2D eigenvalue weighted by molar-refractivity contribution is 5.88. The van der Waals surface area contributed by atoms with E-state index >= 15 is 0 Å². The summed E-state index contributed by atoms with van der Waals surface area (Å²) in [4.78, 5) is 2.58. The monoisotopic (exact) mass is 454 g/mol. The van der Waals surface area contributed by atoms with Crippen molar-refractivity contribution in [2.75, 3.05) is 33.9 Å². The van der Waals surface area contributed by atoms with Gasteiger partial charge in [-0.3, -0.25) is 4.90 Å². The third kappa shape index (κ3) is 4.75. The smallest absolute Gasteiger partial charge is 0.123 e. The van der Waals surface area contributed by atoms with E-state index in [0.717, 1.165) is 44.2 Å². The normalized spacial score (nSPS) is 15.1. The maximum atomic E-state index is 5.71. The zero-order valence-electron chi connectivity index (χ0n) is 20.2. The molecule has 0 bridgehead atoms. The van der Waals surface area contributed by atoms with Gasteiger partial charge in [0.2, 0.25) is 0 Å². The van der Waals surface area contributed by atoms with Gasteiger partial charge in [0.05, 0.1) is 14.2 Å². The van der Waals surface area contributed by atoms with Crippen molar-refractivity contribution in [3.63, 3.8) is 0 Å². The Hall–Kier alpha value is -3.08. The summed E-state index contributed by atoms with van der Waals surface area (Å²) in [5.74, 6) is 2.66. The lowest BCUT2D eigenvalue weighted by Gasteiger charge is -2.32. The average molecular weight is 455 g/mol. The number of hydrogen-bond acceptors (Lipinski definition) is 4. The third-order valence-corrected chi connectivity index (χ3v) is 7.26. The molecule has 0 aromatic heterocycles. The molecule has 0 aliphatic carbocycles. The van der Waals surface area contributed by atoms with Crippen LogP contribution in [0.3, 0.4) is 0 Å². The Kier molecular flexibility index (Phi) is 6.98. The van der Waals surface area contributed by atoms with Crippen molar-refractivity contribution in [2.24, 2.45) is 5.92 Å². The molecule has 0 spiro atoms. The van der Waals surface area contributed by atoms with Gasteiger partial charge in [0.25, 0.3) is 0 Å². The molecule has 4 aromatic carbocycles. The molecule has 4 aromatic rings. The molecule has 1 N–H and O–H groups in total. The van der Waals surface area contributed by atoms with E-state index in [-0.39, 0.29) is 0 Å². The second-order valence-electron chi connectivity index (χ2n) is 9.29. The van der Waals surface area contributed by atoms with Gasteiger partial charge >= 0.3 is 0 Å². The Morgan fingerprint density at radius 3 is 1.91 bits per heavy atom. The minimum Gasteiger partial charge on any atom is -0.496 e. The van der Waals surface area contributed by atoms with Gasteiger partial charge in [0.1, 0.15) is 11.5 Å². The SMILES string of the molecule is COc1ccc2ccccc2c1CNCC1CCN(Cc2c(OC)ccc3ccccc23)CC1. The second-order valence-corrected chi connectivity index (χ2v) is 9.29. The highest BCUT2D eigenvalue weighted by Crippen LogP contribution is 2.31. The zero-order valence-corrected chi connectivity index (χ0v) is 20.2. The standard InChI is InChI=1S/C30H34N2O2/c1-33-29-13-11-23-7-3-5-9-25(23)27(29)20-31-19-22-15-17-32(18-16-22)21-28-26-10-6-4-8-24(26)12-14-30(28)34-2/h3-14,22,31H,15-21H2,1-2H3. The summed E-state index contributed by atoms with van der Waals surface area (Å²) in [6.45, 7) is 5.06. The number of nitrogens with zero attached hydrogens (tertiary/aromatic N) is 1. The molecule has 34 heavy (non-hydrogen) atoms. The van der Waals surface area contributed by atoms with Crippen LogP contribution in [0.2, 0.25) is 0 Å². The first-order chi connectivity index (χ1) is 16.8. The molecule has 0 atom stereocenters. The van der Waals surface area contributed by atoms with Crippen molar-refractivity contribution in [3.8, 4) is 11.5 Å². The first kappa shape index (κ1) is 22.7. The Labute approximate surface area is 202 Å². The van der Waals surface area contributed by atoms with E-state index in [9.17, 15) is 0 Å². The van der Waals surface area contributed by atoms with Gasteiger partial charge in [-0.05, 0) is 72.1 Å². The van der Waals surface area contributed by atoms with Crippen LogP contribution in [0.1, 0.15) is 24.0 Å². The zero-order chi connectivity index (χ0) is 23.3. The van der Waals surface area contributed by atoms with E-state index in [2.05, 4.69) is 83.0 Å². The van der Waals surface area contributed by atoms with Crippen LogP contribution in [0.5, 0.6) is 11.5 Å². The fourth-order valence-corrected chi connectivity index (χ4v) is 5.33. The summed E-state index contributed by atoms with van der Waals surface area (Å²) in [6, 6.07) is 25.6. The van der Waals surface area contributed by atoms with Crippen LogP contribution in [0.25, 0.3) is 21.5 Å². The predicted molar refractivity (Wildman–Crippen MR) is 141 cm³/mol. The lowest BCUT2D eigenvalue weighted by molar-refractivity contribution is 0.174. The Balaban J connectivity index is 1.18. The molecule has 1 aliphatic rings. The molecule has 0 unspecified atom stereocenters. The molecular formula is C30H34N2O2. The minimum absolute atomic E-state index is 0.701. The van der Waals surface area contributed by atoms with Crippen molar-refractivity contribution in [3.05, 3.63) is 83.9 Å². The van der Waals surface area contributed by atoms with Crippen LogP contribution in [0.4, 0.5) is 0 Å². The molecule has 1 saturated heterocycles. The maximum absolute atomic E-state index is 5.71. The Morgan fingerprint density at radius 2 is 1.29 bits per heavy atom. The molecule has 176 valence electrons. The van der Waals surface area contributed by atoms with E-state index in [1.54, 1.807) is 14.2 Å². The number of likely N-dealkylation sites (tertiary alicyclic amines) is 1. The van der Waals surface area contributed by atoms with Crippen LogP contribution in [0, 0.1) is 5.92 Å². The summed E-state index contributed by atoms with van der Waals surface area (Å²) < 4.78 is 11.4. The van der Waals surface area contributed by atoms with E-state index in [1.807, 2.05) is 0 Å². The van der Waals surface area contributed by atoms with Crippen LogP contribution >= 0.6 is 0 Å². The molecule has 1 heterocycles. The Morgan fingerprint density at radius 1 is 0.735 bits per heavy atom. The van der Waals surface area contributed by atoms with E-state index < -0.39 is 0 Å². The molecule has 5 rings (SSSR count). The molecule has 0 amide bonds. The predicted octanol–water partition coefficient (Wildman–Crippen LogP) is 6.01. The fourth-order valence-electron chi connectivity index (χ4n) is 5.33. The number of fused-ring (bicyclic) bond motifs is 2. The summed E-state index contributed by atoms with van der Waals surface area (Å²) in [6.07, 6.45) is 2.43. The number of benzene rings is 4. The second kappa shape index (κ2) is 10.5. The Bertz CT molecular complexity index is 1260. The van der Waals surface area contributed by atoms with Gasteiger partial charge < -0.3 is 14.8 Å². The van der Waals surface area contributed by atoms with Crippen LogP contribution in [-0.4, -0.2) is 38.8 Å². The molecule has 0 radical (unpaired) electrons. The summed E-state index contributed by atoms with van der Waals surface area (Å²) in [5, 5.41) is 8.84. The van der Waals surface area contributed by atoms with Crippen molar-refractivity contribution in [1.82, 2.24) is 10.2 Å². The van der Waals surface area contributed by atoms with Gasteiger partial charge in [0, 0.05) is 24.2 Å². The first-order valence-corrected chi connectivity index (χ1v) is 12.3.